The number of hydrogen-bond donors (Lipinski definition) is 1. The van der Waals surface area contributed by atoms with Crippen molar-refractivity contribution in [2.75, 3.05) is 18.0 Å². The Kier molecular flexibility index (Phi) is 4.85. The number of halogens is 1. The molecule has 0 bridgehead atoms. The monoisotopic (exact) mass is 346 g/mol. The van der Waals surface area contributed by atoms with Gasteiger partial charge in [0, 0.05) is 13.0 Å². The summed E-state index contributed by atoms with van der Waals surface area (Å²) in [5, 5.41) is 3.30. The molecule has 0 unspecified atom stereocenters. The van der Waals surface area contributed by atoms with E-state index in [1.54, 1.807) is 6.07 Å². The molecular formula is C17H19ClN4O2. The second kappa shape index (κ2) is 7.05. The van der Waals surface area contributed by atoms with E-state index in [9.17, 15) is 4.79 Å². The van der Waals surface area contributed by atoms with Crippen LogP contribution >= 0.6 is 11.6 Å². The van der Waals surface area contributed by atoms with Gasteiger partial charge in [0.25, 0.3) is 0 Å². The fourth-order valence-electron chi connectivity index (χ4n) is 2.61. The van der Waals surface area contributed by atoms with Gasteiger partial charge in [-0.3, -0.25) is 4.79 Å². The molecule has 126 valence electrons. The summed E-state index contributed by atoms with van der Waals surface area (Å²) in [6.07, 6.45) is 1.58. The summed E-state index contributed by atoms with van der Waals surface area (Å²) in [5.41, 5.74) is 1.04. The SMILES string of the molecule is CC(=O)N[C@@H](C)c1ccc(OC2CN(c3cc(Cl)ncn3)C2)cc1. The lowest BCUT2D eigenvalue weighted by atomic mass is 10.1. The molecule has 24 heavy (non-hydrogen) atoms. The first kappa shape index (κ1) is 16.5. The smallest absolute Gasteiger partial charge is 0.217 e. The number of carbonyl (C=O) groups is 1. The lowest BCUT2D eigenvalue weighted by Crippen LogP contribution is -2.54. The van der Waals surface area contributed by atoms with E-state index in [0.717, 1.165) is 30.2 Å². The first-order valence-electron chi connectivity index (χ1n) is 7.77. The Balaban J connectivity index is 1.52. The highest BCUT2D eigenvalue weighted by Gasteiger charge is 2.29. The zero-order valence-corrected chi connectivity index (χ0v) is 14.3. The topological polar surface area (TPSA) is 67.3 Å². The summed E-state index contributed by atoms with van der Waals surface area (Å²) in [4.78, 5) is 21.3. The molecule has 1 aromatic heterocycles. The Morgan fingerprint density at radius 2 is 2.04 bits per heavy atom. The molecule has 0 aliphatic carbocycles. The van der Waals surface area contributed by atoms with Gasteiger partial charge in [-0.15, -0.1) is 0 Å². The molecule has 1 aromatic carbocycles. The summed E-state index contributed by atoms with van der Waals surface area (Å²) in [6, 6.07) is 9.53. The van der Waals surface area contributed by atoms with Crippen molar-refractivity contribution in [2.45, 2.75) is 26.0 Å². The summed E-state index contributed by atoms with van der Waals surface area (Å²) in [5.74, 6) is 1.59. The van der Waals surface area contributed by atoms with Crippen molar-refractivity contribution in [1.29, 1.82) is 0 Å². The number of benzene rings is 1. The van der Waals surface area contributed by atoms with Crippen LogP contribution in [0.15, 0.2) is 36.7 Å². The van der Waals surface area contributed by atoms with Gasteiger partial charge in [-0.1, -0.05) is 23.7 Å². The molecule has 0 radical (unpaired) electrons. The summed E-state index contributed by atoms with van der Waals surface area (Å²) < 4.78 is 5.94. The standard InChI is InChI=1S/C17H19ClN4O2/c1-11(21-12(2)23)13-3-5-14(6-4-13)24-15-8-22(9-15)17-7-16(18)19-10-20-17/h3-7,10-11,15H,8-9H2,1-2H3,(H,21,23)/t11-/m0/s1. The normalized spacial score (nSPS) is 15.5. The van der Waals surface area contributed by atoms with Crippen LogP contribution in [-0.4, -0.2) is 35.1 Å². The summed E-state index contributed by atoms with van der Waals surface area (Å²) >= 11 is 5.87. The third kappa shape index (κ3) is 3.94. The van der Waals surface area contributed by atoms with Crippen LogP contribution in [0, 0.1) is 0 Å². The Labute approximate surface area is 145 Å². The zero-order chi connectivity index (χ0) is 17.1. The first-order chi connectivity index (χ1) is 11.5. The number of ether oxygens (including phenoxy) is 1. The fraction of sp³-hybridized carbons (Fsp3) is 0.353. The number of amides is 1. The average molecular weight is 347 g/mol. The molecule has 1 aliphatic heterocycles. The minimum atomic E-state index is -0.0396. The minimum Gasteiger partial charge on any atom is -0.487 e. The molecule has 2 heterocycles. The van der Waals surface area contributed by atoms with Gasteiger partial charge in [-0.05, 0) is 24.6 Å². The van der Waals surface area contributed by atoms with Crippen molar-refractivity contribution in [1.82, 2.24) is 15.3 Å². The van der Waals surface area contributed by atoms with E-state index >= 15 is 0 Å². The van der Waals surface area contributed by atoms with Gasteiger partial charge in [-0.2, -0.15) is 0 Å². The summed E-state index contributed by atoms with van der Waals surface area (Å²) in [6.45, 7) is 4.99. The Bertz CT molecular complexity index is 717. The molecule has 1 N–H and O–H groups in total. The van der Waals surface area contributed by atoms with Crippen molar-refractivity contribution in [3.05, 3.63) is 47.4 Å². The maximum Gasteiger partial charge on any atom is 0.217 e. The van der Waals surface area contributed by atoms with E-state index < -0.39 is 0 Å². The quantitative estimate of drug-likeness (QED) is 0.843. The maximum atomic E-state index is 11.1. The lowest BCUT2D eigenvalue weighted by Gasteiger charge is -2.39. The van der Waals surface area contributed by atoms with Gasteiger partial charge in [-0.25, -0.2) is 9.97 Å². The lowest BCUT2D eigenvalue weighted by molar-refractivity contribution is -0.119. The van der Waals surface area contributed by atoms with E-state index in [1.165, 1.54) is 13.3 Å². The number of rotatable bonds is 5. The molecular weight excluding hydrogens is 328 g/mol. The van der Waals surface area contributed by atoms with Crippen molar-refractivity contribution in [3.63, 3.8) is 0 Å². The molecule has 1 fully saturated rings. The number of carbonyl (C=O) groups excluding carboxylic acids is 1. The van der Waals surface area contributed by atoms with Crippen molar-refractivity contribution in [3.8, 4) is 5.75 Å². The third-order valence-corrected chi connectivity index (χ3v) is 4.10. The molecule has 1 atom stereocenters. The predicted molar refractivity (Wildman–Crippen MR) is 92.3 cm³/mol. The van der Waals surface area contributed by atoms with Crippen LogP contribution in [0.1, 0.15) is 25.5 Å². The summed E-state index contributed by atoms with van der Waals surface area (Å²) in [7, 11) is 0. The van der Waals surface area contributed by atoms with Crippen LogP contribution in [0.2, 0.25) is 5.15 Å². The van der Waals surface area contributed by atoms with Crippen LogP contribution in [0.5, 0.6) is 5.75 Å². The maximum absolute atomic E-state index is 11.1. The van der Waals surface area contributed by atoms with Gasteiger partial charge >= 0.3 is 0 Å². The van der Waals surface area contributed by atoms with E-state index in [1.807, 2.05) is 31.2 Å². The van der Waals surface area contributed by atoms with E-state index in [4.69, 9.17) is 16.3 Å². The van der Waals surface area contributed by atoms with E-state index in [-0.39, 0.29) is 18.1 Å². The van der Waals surface area contributed by atoms with Crippen molar-refractivity contribution >= 4 is 23.3 Å². The van der Waals surface area contributed by atoms with Gasteiger partial charge < -0.3 is 15.0 Å². The van der Waals surface area contributed by atoms with Gasteiger partial charge in [0.05, 0.1) is 19.1 Å². The molecule has 7 heteroatoms. The highest BCUT2D eigenvalue weighted by Crippen LogP contribution is 2.24. The van der Waals surface area contributed by atoms with Gasteiger partial charge in [0.2, 0.25) is 5.91 Å². The van der Waals surface area contributed by atoms with Gasteiger partial charge in [0.1, 0.15) is 29.2 Å². The number of nitrogens with zero attached hydrogens (tertiary/aromatic N) is 3. The number of hydrogen-bond acceptors (Lipinski definition) is 5. The minimum absolute atomic E-state index is 0.0155. The third-order valence-electron chi connectivity index (χ3n) is 3.89. The second-order valence-electron chi connectivity index (χ2n) is 5.84. The van der Waals surface area contributed by atoms with Gasteiger partial charge in [0.15, 0.2) is 0 Å². The van der Waals surface area contributed by atoms with Crippen LogP contribution in [0.4, 0.5) is 5.82 Å². The highest BCUT2D eigenvalue weighted by molar-refractivity contribution is 6.29. The van der Waals surface area contributed by atoms with E-state index in [0.29, 0.717) is 5.15 Å². The van der Waals surface area contributed by atoms with Crippen LogP contribution in [0.25, 0.3) is 0 Å². The van der Waals surface area contributed by atoms with Crippen LogP contribution in [-0.2, 0) is 4.79 Å². The largest absolute Gasteiger partial charge is 0.487 e. The Morgan fingerprint density at radius 1 is 1.33 bits per heavy atom. The molecule has 1 aliphatic rings. The molecule has 0 spiro atoms. The number of aromatic nitrogens is 2. The molecule has 3 rings (SSSR count). The molecule has 6 nitrogen and oxygen atoms in total. The fourth-order valence-corrected chi connectivity index (χ4v) is 2.75. The van der Waals surface area contributed by atoms with Crippen LogP contribution < -0.4 is 15.0 Å². The second-order valence-corrected chi connectivity index (χ2v) is 6.22. The van der Waals surface area contributed by atoms with Crippen molar-refractivity contribution < 1.29 is 9.53 Å². The Morgan fingerprint density at radius 3 is 2.67 bits per heavy atom. The first-order valence-corrected chi connectivity index (χ1v) is 8.15. The predicted octanol–water partition coefficient (Wildman–Crippen LogP) is 2.59. The number of anilines is 1. The Hall–Kier alpha value is -2.34. The molecule has 2 aromatic rings. The zero-order valence-electron chi connectivity index (χ0n) is 13.6. The number of nitrogens with one attached hydrogen (secondary N) is 1. The molecule has 0 saturated carbocycles. The van der Waals surface area contributed by atoms with E-state index in [2.05, 4.69) is 20.2 Å². The molecule has 1 amide bonds. The van der Waals surface area contributed by atoms with Crippen LogP contribution in [0.3, 0.4) is 0 Å². The highest BCUT2D eigenvalue weighted by atomic mass is 35.5. The molecule has 1 saturated heterocycles. The average Bonchev–Trinajstić information content (AvgIpc) is 2.50. The van der Waals surface area contributed by atoms with Crippen molar-refractivity contribution in [2.24, 2.45) is 0 Å².